The molecule has 5 heteroatoms. The van der Waals surface area contributed by atoms with E-state index in [1.54, 1.807) is 0 Å². The van der Waals surface area contributed by atoms with Crippen LogP contribution in [0.25, 0.3) is 0 Å². The van der Waals surface area contributed by atoms with Crippen LogP contribution in [0.15, 0.2) is 28.7 Å². The van der Waals surface area contributed by atoms with Crippen LogP contribution in [0.3, 0.4) is 0 Å². The number of fused-ring (bicyclic) bond motifs is 1. The highest BCUT2D eigenvalue weighted by Gasteiger charge is 2.27. The minimum atomic E-state index is 0.0661. The van der Waals surface area contributed by atoms with Crippen molar-refractivity contribution < 1.29 is 9.15 Å². The molecule has 1 aromatic heterocycles. The Kier molecular flexibility index (Phi) is 3.21. The van der Waals surface area contributed by atoms with Crippen molar-refractivity contribution in [2.45, 2.75) is 25.3 Å². The molecular formula is C14H17N3O2. The van der Waals surface area contributed by atoms with Gasteiger partial charge in [-0.3, -0.25) is 0 Å². The van der Waals surface area contributed by atoms with Gasteiger partial charge in [0.05, 0.1) is 18.6 Å². The van der Waals surface area contributed by atoms with Crippen LogP contribution < -0.4 is 10.1 Å². The monoisotopic (exact) mass is 259 g/mol. The van der Waals surface area contributed by atoms with Gasteiger partial charge in [0.2, 0.25) is 11.8 Å². The number of aromatic nitrogens is 2. The van der Waals surface area contributed by atoms with Crippen molar-refractivity contribution in [3.05, 3.63) is 41.6 Å². The molecule has 0 bridgehead atoms. The summed E-state index contributed by atoms with van der Waals surface area (Å²) in [4.78, 5) is 0. The van der Waals surface area contributed by atoms with E-state index < -0.39 is 0 Å². The van der Waals surface area contributed by atoms with Crippen LogP contribution in [-0.4, -0.2) is 23.9 Å². The van der Waals surface area contributed by atoms with Gasteiger partial charge in [-0.15, -0.1) is 10.2 Å². The normalized spacial score (nSPS) is 19.6. The van der Waals surface area contributed by atoms with Crippen molar-refractivity contribution in [2.24, 2.45) is 0 Å². The van der Waals surface area contributed by atoms with E-state index in [0.29, 0.717) is 18.4 Å². The molecule has 0 radical (unpaired) electrons. The van der Waals surface area contributed by atoms with E-state index in [-0.39, 0.29) is 12.0 Å². The lowest BCUT2D eigenvalue weighted by Crippen LogP contribution is -2.15. The fraction of sp³-hybridized carbons (Fsp3) is 0.429. The van der Waals surface area contributed by atoms with Crippen LogP contribution in [0.4, 0.5) is 0 Å². The Bertz CT molecular complexity index is 567. The molecule has 3 rings (SSSR count). The number of benzene rings is 1. The van der Waals surface area contributed by atoms with E-state index >= 15 is 0 Å². The summed E-state index contributed by atoms with van der Waals surface area (Å²) < 4.78 is 11.4. The minimum Gasteiger partial charge on any atom is -0.493 e. The molecule has 5 nitrogen and oxygen atoms in total. The molecule has 100 valence electrons. The van der Waals surface area contributed by atoms with E-state index in [0.717, 1.165) is 17.7 Å². The number of ether oxygens (including phenoxy) is 1. The van der Waals surface area contributed by atoms with E-state index in [1.165, 1.54) is 0 Å². The molecular weight excluding hydrogens is 242 g/mol. The van der Waals surface area contributed by atoms with Gasteiger partial charge in [-0.05, 0) is 26.5 Å². The largest absolute Gasteiger partial charge is 0.493 e. The lowest BCUT2D eigenvalue weighted by Gasteiger charge is -2.23. The van der Waals surface area contributed by atoms with Crippen molar-refractivity contribution in [1.29, 1.82) is 0 Å². The number of hydrogen-bond acceptors (Lipinski definition) is 5. The van der Waals surface area contributed by atoms with E-state index in [1.807, 2.05) is 32.2 Å². The first-order valence-corrected chi connectivity index (χ1v) is 6.52. The second-order valence-corrected chi connectivity index (χ2v) is 4.72. The van der Waals surface area contributed by atoms with Crippen molar-refractivity contribution in [2.75, 3.05) is 13.7 Å². The number of rotatable bonds is 3. The van der Waals surface area contributed by atoms with E-state index in [2.05, 4.69) is 21.6 Å². The summed E-state index contributed by atoms with van der Waals surface area (Å²) >= 11 is 0. The highest BCUT2D eigenvalue weighted by molar-refractivity contribution is 5.40. The molecule has 0 fully saturated rings. The van der Waals surface area contributed by atoms with Gasteiger partial charge in [0, 0.05) is 5.56 Å². The number of hydrogen-bond donors (Lipinski definition) is 1. The molecule has 2 heterocycles. The first kappa shape index (κ1) is 12.2. The molecule has 2 atom stereocenters. The van der Waals surface area contributed by atoms with Crippen molar-refractivity contribution >= 4 is 0 Å². The highest BCUT2D eigenvalue weighted by atomic mass is 16.5. The third-order valence-corrected chi connectivity index (χ3v) is 3.52. The Hall–Kier alpha value is -1.88. The fourth-order valence-corrected chi connectivity index (χ4v) is 2.28. The minimum absolute atomic E-state index is 0.0661. The summed E-state index contributed by atoms with van der Waals surface area (Å²) in [6.07, 6.45) is 0.868. The average molecular weight is 259 g/mol. The molecule has 1 N–H and O–H groups in total. The van der Waals surface area contributed by atoms with Crippen LogP contribution in [0.1, 0.15) is 42.6 Å². The number of nitrogens with zero attached hydrogens (tertiary/aromatic N) is 2. The second-order valence-electron chi connectivity index (χ2n) is 4.72. The van der Waals surface area contributed by atoms with Crippen molar-refractivity contribution in [3.63, 3.8) is 0 Å². The summed E-state index contributed by atoms with van der Waals surface area (Å²) in [5.41, 5.74) is 1.13. The van der Waals surface area contributed by atoms with Gasteiger partial charge in [-0.25, -0.2) is 0 Å². The highest BCUT2D eigenvalue weighted by Crippen LogP contribution is 2.37. The SMILES string of the molecule is CNC(C)c1nnc(C2CCOc3ccccc32)o1. The Balaban J connectivity index is 1.93. The van der Waals surface area contributed by atoms with E-state index in [9.17, 15) is 0 Å². The van der Waals surface area contributed by atoms with Gasteiger partial charge < -0.3 is 14.5 Å². The first-order valence-electron chi connectivity index (χ1n) is 6.52. The zero-order valence-corrected chi connectivity index (χ0v) is 11.1. The molecule has 19 heavy (non-hydrogen) atoms. The van der Waals surface area contributed by atoms with Crippen LogP contribution in [0.2, 0.25) is 0 Å². The molecule has 0 saturated heterocycles. The Morgan fingerprint density at radius 2 is 2.16 bits per heavy atom. The lowest BCUT2D eigenvalue weighted by molar-refractivity contribution is 0.262. The molecule has 1 aromatic carbocycles. The van der Waals surface area contributed by atoms with Crippen LogP contribution in [0.5, 0.6) is 5.75 Å². The van der Waals surface area contributed by atoms with Crippen LogP contribution >= 0.6 is 0 Å². The molecule has 0 aliphatic carbocycles. The summed E-state index contributed by atoms with van der Waals surface area (Å²) in [6, 6.07) is 8.09. The third kappa shape index (κ3) is 2.21. The summed E-state index contributed by atoms with van der Waals surface area (Å²) in [6.45, 7) is 2.68. The maximum absolute atomic E-state index is 5.79. The quantitative estimate of drug-likeness (QED) is 0.916. The topological polar surface area (TPSA) is 60.2 Å². The van der Waals surface area contributed by atoms with Gasteiger partial charge in [0.1, 0.15) is 5.75 Å². The first-order chi connectivity index (χ1) is 9.29. The number of nitrogens with one attached hydrogen (secondary N) is 1. The maximum Gasteiger partial charge on any atom is 0.233 e. The lowest BCUT2D eigenvalue weighted by atomic mass is 9.93. The van der Waals surface area contributed by atoms with Gasteiger partial charge in [0.25, 0.3) is 0 Å². The Morgan fingerprint density at radius 1 is 1.32 bits per heavy atom. The standard InChI is InChI=1S/C14H17N3O2/c1-9(15-2)13-16-17-14(19-13)11-7-8-18-12-6-4-3-5-10(11)12/h3-6,9,11,15H,7-8H2,1-2H3. The Morgan fingerprint density at radius 3 is 3.00 bits per heavy atom. The molecule has 0 saturated carbocycles. The van der Waals surface area contributed by atoms with Gasteiger partial charge in [-0.2, -0.15) is 0 Å². The predicted molar refractivity (Wildman–Crippen MR) is 70.2 cm³/mol. The number of para-hydroxylation sites is 1. The maximum atomic E-state index is 5.79. The molecule has 0 spiro atoms. The predicted octanol–water partition coefficient (Wildman–Crippen LogP) is 2.26. The van der Waals surface area contributed by atoms with Crippen LogP contribution in [-0.2, 0) is 0 Å². The molecule has 0 amide bonds. The summed E-state index contributed by atoms with van der Waals surface area (Å²) in [5, 5.41) is 11.4. The zero-order valence-electron chi connectivity index (χ0n) is 11.1. The van der Waals surface area contributed by atoms with Crippen molar-refractivity contribution in [1.82, 2.24) is 15.5 Å². The molecule has 2 unspecified atom stereocenters. The summed E-state index contributed by atoms with van der Waals surface area (Å²) in [5.74, 6) is 2.35. The van der Waals surface area contributed by atoms with Gasteiger partial charge in [0.15, 0.2) is 0 Å². The van der Waals surface area contributed by atoms with E-state index in [4.69, 9.17) is 9.15 Å². The zero-order chi connectivity index (χ0) is 13.2. The summed E-state index contributed by atoms with van der Waals surface area (Å²) in [7, 11) is 1.87. The smallest absolute Gasteiger partial charge is 0.233 e. The average Bonchev–Trinajstić information content (AvgIpc) is 2.95. The van der Waals surface area contributed by atoms with Crippen LogP contribution in [0, 0.1) is 0 Å². The molecule has 2 aromatic rings. The molecule has 1 aliphatic rings. The fourth-order valence-electron chi connectivity index (χ4n) is 2.28. The second kappa shape index (κ2) is 5.01. The van der Waals surface area contributed by atoms with Gasteiger partial charge in [-0.1, -0.05) is 18.2 Å². The Labute approximate surface area is 112 Å². The van der Waals surface area contributed by atoms with Gasteiger partial charge >= 0.3 is 0 Å². The van der Waals surface area contributed by atoms with Crippen molar-refractivity contribution in [3.8, 4) is 5.75 Å². The third-order valence-electron chi connectivity index (χ3n) is 3.52. The molecule has 1 aliphatic heterocycles.